The number of hydrogen-bond donors (Lipinski definition) is 1. The van der Waals surface area contributed by atoms with E-state index in [0.29, 0.717) is 0 Å². The van der Waals surface area contributed by atoms with Crippen LogP contribution in [-0.4, -0.2) is 11.2 Å². The highest BCUT2D eigenvalue weighted by atomic mass is 35.5. The summed E-state index contributed by atoms with van der Waals surface area (Å²) in [5.41, 5.74) is 2.71. The van der Waals surface area contributed by atoms with Crippen molar-refractivity contribution in [2.45, 2.75) is 12.4 Å². The number of rotatable bonds is 0. The third-order valence-corrected chi connectivity index (χ3v) is 2.27. The van der Waals surface area contributed by atoms with Gasteiger partial charge in [0.1, 0.15) is 5.50 Å². The average Bonchev–Trinajstić information content (AvgIpc) is 2.07. The second kappa shape index (κ2) is 2.79. The van der Waals surface area contributed by atoms with Crippen molar-refractivity contribution in [2.75, 3.05) is 5.32 Å². The number of fused-ring (bicyclic) bond motifs is 1. The first kappa shape index (κ1) is 7.62. The molecule has 0 amide bonds. The van der Waals surface area contributed by atoms with Gasteiger partial charge in [-0.3, -0.25) is 4.99 Å². The van der Waals surface area contributed by atoms with Crippen LogP contribution in [0.1, 0.15) is 6.92 Å². The van der Waals surface area contributed by atoms with Gasteiger partial charge in [0, 0.05) is 0 Å². The van der Waals surface area contributed by atoms with Gasteiger partial charge in [-0.2, -0.15) is 0 Å². The number of alkyl halides is 1. The topological polar surface area (TPSA) is 24.4 Å². The number of hydrogen-bond acceptors (Lipinski definition) is 2. The van der Waals surface area contributed by atoms with Gasteiger partial charge in [-0.15, -0.1) is 0 Å². The highest BCUT2D eigenvalue weighted by Gasteiger charge is 2.15. The van der Waals surface area contributed by atoms with E-state index in [1.807, 2.05) is 31.2 Å². The van der Waals surface area contributed by atoms with Crippen molar-refractivity contribution in [3.8, 4) is 0 Å². The van der Waals surface area contributed by atoms with Crippen LogP contribution in [0, 0.1) is 0 Å². The third-order valence-electron chi connectivity index (χ3n) is 1.85. The van der Waals surface area contributed by atoms with Gasteiger partial charge < -0.3 is 5.32 Å². The number of anilines is 1. The Hall–Kier alpha value is -1.02. The van der Waals surface area contributed by atoms with E-state index in [0.717, 1.165) is 17.1 Å². The summed E-state index contributed by atoms with van der Waals surface area (Å²) in [6, 6.07) is 7.87. The Morgan fingerprint density at radius 1 is 1.42 bits per heavy atom. The first-order valence-corrected chi connectivity index (χ1v) is 4.26. The van der Waals surface area contributed by atoms with Gasteiger partial charge in [0.05, 0.1) is 17.1 Å². The van der Waals surface area contributed by atoms with E-state index in [1.54, 1.807) is 0 Å². The second-order valence-corrected chi connectivity index (χ2v) is 3.21. The lowest BCUT2D eigenvalue weighted by Gasteiger charge is -2.19. The SMILES string of the molecule is CC1=Nc2ccccc2NC1Cl. The van der Waals surface area contributed by atoms with Crippen LogP contribution in [-0.2, 0) is 0 Å². The maximum absolute atomic E-state index is 5.95. The molecule has 1 aliphatic rings. The molecule has 0 aliphatic carbocycles. The molecule has 1 aromatic carbocycles. The zero-order valence-corrected chi connectivity index (χ0v) is 7.47. The zero-order valence-electron chi connectivity index (χ0n) is 6.71. The quantitative estimate of drug-likeness (QED) is 0.482. The van der Waals surface area contributed by atoms with Crippen LogP contribution in [0.3, 0.4) is 0 Å². The number of benzene rings is 1. The molecule has 0 spiro atoms. The fourth-order valence-electron chi connectivity index (χ4n) is 1.18. The summed E-state index contributed by atoms with van der Waals surface area (Å²) in [6.45, 7) is 1.92. The standard InChI is InChI=1S/C9H9ClN2/c1-6-9(10)12-8-5-3-2-4-7(8)11-6/h2-5,9,12H,1H3. The number of halogens is 1. The summed E-state index contributed by atoms with van der Waals surface area (Å²) >= 11 is 5.95. The van der Waals surface area contributed by atoms with E-state index in [1.165, 1.54) is 0 Å². The molecular formula is C9H9ClN2. The lowest BCUT2D eigenvalue weighted by molar-refractivity contribution is 1.22. The lowest BCUT2D eigenvalue weighted by Crippen LogP contribution is -2.23. The molecule has 1 unspecified atom stereocenters. The molecule has 12 heavy (non-hydrogen) atoms. The largest absolute Gasteiger partial charge is 0.363 e. The van der Waals surface area contributed by atoms with E-state index >= 15 is 0 Å². The molecule has 0 fully saturated rings. The Balaban J connectivity index is 2.49. The van der Waals surface area contributed by atoms with Gasteiger partial charge in [0.25, 0.3) is 0 Å². The summed E-state index contributed by atoms with van der Waals surface area (Å²) in [5, 5.41) is 3.14. The van der Waals surface area contributed by atoms with Crippen molar-refractivity contribution in [3.63, 3.8) is 0 Å². The molecule has 0 saturated heterocycles. The predicted molar refractivity (Wildman–Crippen MR) is 52.5 cm³/mol. The summed E-state index contributed by atoms with van der Waals surface area (Å²) in [5.74, 6) is 0. The van der Waals surface area contributed by atoms with Crippen LogP contribution in [0.4, 0.5) is 11.4 Å². The van der Waals surface area contributed by atoms with Gasteiger partial charge in [0.15, 0.2) is 0 Å². The molecule has 1 heterocycles. The summed E-state index contributed by atoms with van der Waals surface area (Å²) in [7, 11) is 0. The fraction of sp³-hybridized carbons (Fsp3) is 0.222. The Morgan fingerprint density at radius 2 is 2.17 bits per heavy atom. The Kier molecular flexibility index (Phi) is 1.77. The third kappa shape index (κ3) is 1.18. The number of para-hydroxylation sites is 2. The molecule has 0 bridgehead atoms. The molecule has 0 radical (unpaired) electrons. The molecule has 0 aromatic heterocycles. The van der Waals surface area contributed by atoms with Gasteiger partial charge >= 0.3 is 0 Å². The van der Waals surface area contributed by atoms with E-state index in [4.69, 9.17) is 11.6 Å². The molecule has 2 rings (SSSR count). The van der Waals surface area contributed by atoms with Crippen LogP contribution in [0.25, 0.3) is 0 Å². The highest BCUT2D eigenvalue weighted by molar-refractivity contribution is 6.33. The van der Waals surface area contributed by atoms with Crippen molar-refractivity contribution in [2.24, 2.45) is 4.99 Å². The summed E-state index contributed by atoms with van der Waals surface area (Å²) < 4.78 is 0. The molecule has 1 aliphatic heterocycles. The van der Waals surface area contributed by atoms with E-state index < -0.39 is 0 Å². The van der Waals surface area contributed by atoms with E-state index in [9.17, 15) is 0 Å². The van der Waals surface area contributed by atoms with Crippen LogP contribution in [0.15, 0.2) is 29.3 Å². The number of aliphatic imine (C=N–C) groups is 1. The predicted octanol–water partition coefficient (Wildman–Crippen LogP) is 2.77. The first-order valence-electron chi connectivity index (χ1n) is 3.82. The minimum atomic E-state index is -0.167. The van der Waals surface area contributed by atoms with Gasteiger partial charge in [-0.25, -0.2) is 0 Å². The number of nitrogens with zero attached hydrogens (tertiary/aromatic N) is 1. The normalized spacial score (nSPS) is 20.8. The molecule has 1 N–H and O–H groups in total. The van der Waals surface area contributed by atoms with E-state index in [-0.39, 0.29) is 5.50 Å². The fourth-order valence-corrected chi connectivity index (χ4v) is 1.35. The van der Waals surface area contributed by atoms with Gasteiger partial charge in [0.2, 0.25) is 0 Å². The molecular weight excluding hydrogens is 172 g/mol. The molecule has 1 atom stereocenters. The Morgan fingerprint density at radius 3 is 3.00 bits per heavy atom. The molecule has 2 nitrogen and oxygen atoms in total. The van der Waals surface area contributed by atoms with Crippen LogP contribution >= 0.6 is 11.6 Å². The Labute approximate surface area is 76.3 Å². The summed E-state index contributed by atoms with van der Waals surface area (Å²) in [6.07, 6.45) is 0. The van der Waals surface area contributed by atoms with Crippen molar-refractivity contribution in [1.29, 1.82) is 0 Å². The molecule has 62 valence electrons. The maximum Gasteiger partial charge on any atom is 0.140 e. The van der Waals surface area contributed by atoms with E-state index in [2.05, 4.69) is 10.3 Å². The van der Waals surface area contributed by atoms with Crippen LogP contribution in [0.5, 0.6) is 0 Å². The highest BCUT2D eigenvalue weighted by Crippen LogP contribution is 2.29. The van der Waals surface area contributed by atoms with Gasteiger partial charge in [-0.05, 0) is 19.1 Å². The van der Waals surface area contributed by atoms with Gasteiger partial charge in [-0.1, -0.05) is 23.7 Å². The minimum Gasteiger partial charge on any atom is -0.363 e. The second-order valence-electron chi connectivity index (χ2n) is 2.78. The number of nitrogens with one attached hydrogen (secondary N) is 1. The van der Waals surface area contributed by atoms with Crippen molar-refractivity contribution in [3.05, 3.63) is 24.3 Å². The van der Waals surface area contributed by atoms with Crippen molar-refractivity contribution >= 4 is 28.7 Å². The zero-order chi connectivity index (χ0) is 8.55. The average molecular weight is 181 g/mol. The van der Waals surface area contributed by atoms with Crippen LogP contribution < -0.4 is 5.32 Å². The molecule has 0 saturated carbocycles. The summed E-state index contributed by atoms with van der Waals surface area (Å²) in [4.78, 5) is 4.35. The minimum absolute atomic E-state index is 0.167. The Bertz CT molecular complexity index is 333. The smallest absolute Gasteiger partial charge is 0.140 e. The lowest BCUT2D eigenvalue weighted by atomic mass is 10.2. The maximum atomic E-state index is 5.95. The van der Waals surface area contributed by atoms with Crippen molar-refractivity contribution < 1.29 is 0 Å². The van der Waals surface area contributed by atoms with Crippen molar-refractivity contribution in [1.82, 2.24) is 0 Å². The van der Waals surface area contributed by atoms with Crippen LogP contribution in [0.2, 0.25) is 0 Å². The molecule has 3 heteroatoms. The first-order chi connectivity index (χ1) is 5.77. The molecule has 1 aromatic rings. The monoisotopic (exact) mass is 180 g/mol.